The molecule has 1 aromatic rings. The predicted molar refractivity (Wildman–Crippen MR) is 81.6 cm³/mol. The average Bonchev–Trinajstić information content (AvgIpc) is 2.50. The highest BCUT2D eigenvalue weighted by Crippen LogP contribution is 2.32. The molecule has 1 aliphatic carbocycles. The normalized spacial score (nSPS) is 18.2. The number of hydrogen-bond donors (Lipinski definition) is 2. The van der Waals surface area contributed by atoms with Crippen molar-refractivity contribution in [2.24, 2.45) is 5.92 Å². The molecule has 2 nitrogen and oxygen atoms in total. The first-order valence-corrected chi connectivity index (χ1v) is 7.78. The Morgan fingerprint density at radius 2 is 1.84 bits per heavy atom. The van der Waals surface area contributed by atoms with Crippen molar-refractivity contribution in [2.75, 3.05) is 18.5 Å². The van der Waals surface area contributed by atoms with E-state index < -0.39 is 0 Å². The van der Waals surface area contributed by atoms with Crippen LogP contribution in [-0.2, 0) is 0 Å². The molecule has 2 rings (SSSR count). The van der Waals surface area contributed by atoms with E-state index in [1.54, 1.807) is 0 Å². The lowest BCUT2D eigenvalue weighted by molar-refractivity contribution is 0.230. The summed E-state index contributed by atoms with van der Waals surface area (Å²) in [6.45, 7) is 3.24. The lowest BCUT2D eigenvalue weighted by Gasteiger charge is -2.22. The molecule has 0 bridgehead atoms. The molecule has 0 aromatic heterocycles. The number of benzene rings is 1. The zero-order valence-electron chi connectivity index (χ0n) is 12.1. The Bertz CT molecular complexity index is 350. The second-order valence-electron chi connectivity index (χ2n) is 5.79. The fraction of sp³-hybridized carbons (Fsp3) is 0.647. The highest BCUT2D eigenvalue weighted by Gasteiger charge is 2.15. The van der Waals surface area contributed by atoms with Crippen molar-refractivity contribution in [1.82, 2.24) is 0 Å². The van der Waals surface area contributed by atoms with Crippen LogP contribution in [0.15, 0.2) is 24.3 Å². The maximum absolute atomic E-state index is 9.18. The second kappa shape index (κ2) is 7.54. The van der Waals surface area contributed by atoms with Crippen LogP contribution in [0.25, 0.3) is 0 Å². The fourth-order valence-electron chi connectivity index (χ4n) is 2.91. The van der Waals surface area contributed by atoms with Gasteiger partial charge in [-0.05, 0) is 48.8 Å². The van der Waals surface area contributed by atoms with Gasteiger partial charge in [0.15, 0.2) is 0 Å². The van der Waals surface area contributed by atoms with Crippen molar-refractivity contribution >= 4 is 5.69 Å². The van der Waals surface area contributed by atoms with E-state index in [-0.39, 0.29) is 6.61 Å². The third-order valence-electron chi connectivity index (χ3n) is 4.42. The molecule has 0 heterocycles. The van der Waals surface area contributed by atoms with Crippen molar-refractivity contribution in [3.63, 3.8) is 0 Å². The molecule has 0 spiro atoms. The molecular formula is C17H27NO. The maximum Gasteiger partial charge on any atom is 0.0475 e. The van der Waals surface area contributed by atoms with Crippen molar-refractivity contribution in [2.45, 2.75) is 51.4 Å². The summed E-state index contributed by atoms with van der Waals surface area (Å²) in [5, 5.41) is 12.6. The van der Waals surface area contributed by atoms with Crippen LogP contribution >= 0.6 is 0 Å². The molecule has 0 saturated heterocycles. The first-order valence-electron chi connectivity index (χ1n) is 7.78. The molecule has 1 aliphatic rings. The van der Waals surface area contributed by atoms with E-state index in [0.29, 0.717) is 5.92 Å². The topological polar surface area (TPSA) is 32.3 Å². The van der Waals surface area contributed by atoms with Crippen LogP contribution in [0.3, 0.4) is 0 Å². The largest absolute Gasteiger partial charge is 0.396 e. The van der Waals surface area contributed by atoms with Gasteiger partial charge in [0.2, 0.25) is 0 Å². The Balaban J connectivity index is 1.87. The van der Waals surface area contributed by atoms with Gasteiger partial charge in [0.05, 0.1) is 0 Å². The van der Waals surface area contributed by atoms with E-state index in [4.69, 9.17) is 0 Å². The standard InChI is InChI=1S/C17H27NO/c1-2-14(13-19)12-18-17-10-8-16(9-11-17)15-6-4-3-5-7-15/h8-11,14-15,18-19H,2-7,12-13H2,1H3. The van der Waals surface area contributed by atoms with E-state index in [9.17, 15) is 5.11 Å². The van der Waals surface area contributed by atoms with E-state index >= 15 is 0 Å². The monoisotopic (exact) mass is 261 g/mol. The number of hydrogen-bond acceptors (Lipinski definition) is 2. The average molecular weight is 261 g/mol. The van der Waals surface area contributed by atoms with Gasteiger partial charge in [-0.15, -0.1) is 0 Å². The van der Waals surface area contributed by atoms with Crippen LogP contribution in [0.2, 0.25) is 0 Å². The lowest BCUT2D eigenvalue weighted by atomic mass is 9.84. The summed E-state index contributed by atoms with van der Waals surface area (Å²) in [4.78, 5) is 0. The van der Waals surface area contributed by atoms with Crippen LogP contribution in [0.4, 0.5) is 5.69 Å². The minimum atomic E-state index is 0.268. The molecule has 0 amide bonds. The lowest BCUT2D eigenvalue weighted by Crippen LogP contribution is -2.17. The summed E-state index contributed by atoms with van der Waals surface area (Å²) < 4.78 is 0. The van der Waals surface area contributed by atoms with Crippen molar-refractivity contribution in [3.05, 3.63) is 29.8 Å². The van der Waals surface area contributed by atoms with Gasteiger partial charge in [-0.1, -0.05) is 38.3 Å². The van der Waals surface area contributed by atoms with Crippen molar-refractivity contribution in [3.8, 4) is 0 Å². The smallest absolute Gasteiger partial charge is 0.0475 e. The molecule has 1 saturated carbocycles. The Hall–Kier alpha value is -1.02. The molecule has 19 heavy (non-hydrogen) atoms. The molecule has 1 fully saturated rings. The summed E-state index contributed by atoms with van der Waals surface area (Å²) in [5.41, 5.74) is 2.67. The number of aliphatic hydroxyl groups excluding tert-OH is 1. The highest BCUT2D eigenvalue weighted by atomic mass is 16.3. The van der Waals surface area contributed by atoms with Gasteiger partial charge in [-0.2, -0.15) is 0 Å². The molecule has 2 N–H and O–H groups in total. The van der Waals surface area contributed by atoms with Gasteiger partial charge in [0, 0.05) is 18.8 Å². The SMILES string of the molecule is CCC(CO)CNc1ccc(C2CCCCC2)cc1. The second-order valence-corrected chi connectivity index (χ2v) is 5.79. The zero-order chi connectivity index (χ0) is 13.5. The van der Waals surface area contributed by atoms with E-state index in [0.717, 1.165) is 18.9 Å². The van der Waals surface area contributed by atoms with Crippen LogP contribution < -0.4 is 5.32 Å². The summed E-state index contributed by atoms with van der Waals surface area (Å²) in [6, 6.07) is 8.93. The third kappa shape index (κ3) is 4.24. The molecule has 106 valence electrons. The van der Waals surface area contributed by atoms with Gasteiger partial charge < -0.3 is 10.4 Å². The summed E-state index contributed by atoms with van der Waals surface area (Å²) in [7, 11) is 0. The summed E-state index contributed by atoms with van der Waals surface area (Å²) in [6.07, 6.45) is 7.92. The van der Waals surface area contributed by atoms with Gasteiger partial charge >= 0.3 is 0 Å². The third-order valence-corrected chi connectivity index (χ3v) is 4.42. The first kappa shape index (κ1) is 14.4. The quantitative estimate of drug-likeness (QED) is 0.805. The fourth-order valence-corrected chi connectivity index (χ4v) is 2.91. The van der Waals surface area contributed by atoms with Crippen molar-refractivity contribution in [1.29, 1.82) is 0 Å². The Labute approximate surface area is 117 Å². The molecule has 1 unspecified atom stereocenters. The molecule has 0 radical (unpaired) electrons. The number of rotatable bonds is 6. The zero-order valence-corrected chi connectivity index (χ0v) is 12.1. The van der Waals surface area contributed by atoms with Crippen LogP contribution in [0, 0.1) is 5.92 Å². The highest BCUT2D eigenvalue weighted by molar-refractivity contribution is 5.45. The van der Waals surface area contributed by atoms with Gasteiger partial charge in [-0.25, -0.2) is 0 Å². The van der Waals surface area contributed by atoms with Crippen molar-refractivity contribution < 1.29 is 5.11 Å². The van der Waals surface area contributed by atoms with Gasteiger partial charge in [0.1, 0.15) is 0 Å². The van der Waals surface area contributed by atoms with E-state index in [1.165, 1.54) is 43.4 Å². The van der Waals surface area contributed by atoms with Crippen LogP contribution in [0.5, 0.6) is 0 Å². The Kier molecular flexibility index (Phi) is 5.71. The van der Waals surface area contributed by atoms with Gasteiger partial charge in [0.25, 0.3) is 0 Å². The minimum Gasteiger partial charge on any atom is -0.396 e. The molecule has 2 heteroatoms. The Morgan fingerprint density at radius 1 is 1.16 bits per heavy atom. The number of anilines is 1. The number of aliphatic hydroxyl groups is 1. The molecule has 1 atom stereocenters. The summed E-state index contributed by atoms with van der Waals surface area (Å²) >= 11 is 0. The van der Waals surface area contributed by atoms with E-state index in [1.807, 2.05) is 0 Å². The number of nitrogens with one attached hydrogen (secondary N) is 1. The van der Waals surface area contributed by atoms with Crippen LogP contribution in [0.1, 0.15) is 56.9 Å². The van der Waals surface area contributed by atoms with E-state index in [2.05, 4.69) is 36.5 Å². The molecule has 0 aliphatic heterocycles. The summed E-state index contributed by atoms with van der Waals surface area (Å²) in [5.74, 6) is 1.14. The van der Waals surface area contributed by atoms with Crippen LogP contribution in [-0.4, -0.2) is 18.3 Å². The predicted octanol–water partition coefficient (Wildman–Crippen LogP) is 4.16. The molecular weight excluding hydrogens is 234 g/mol. The minimum absolute atomic E-state index is 0.268. The molecule has 1 aromatic carbocycles. The Morgan fingerprint density at radius 3 is 2.42 bits per heavy atom. The maximum atomic E-state index is 9.18. The van der Waals surface area contributed by atoms with Gasteiger partial charge in [-0.3, -0.25) is 0 Å². The first-order chi connectivity index (χ1) is 9.33.